The van der Waals surface area contributed by atoms with Crippen LogP contribution in [0.5, 0.6) is 0 Å². The van der Waals surface area contributed by atoms with E-state index in [9.17, 15) is 31.1 Å². The molecule has 3 aromatic rings. The third-order valence-corrected chi connectivity index (χ3v) is 4.93. The van der Waals surface area contributed by atoms with Gasteiger partial charge in [0, 0.05) is 5.39 Å². The first-order valence-electron chi connectivity index (χ1n) is 9.46. The largest absolute Gasteiger partial charge is 0.475 e. The monoisotopic (exact) mass is 444 g/mol. The minimum atomic E-state index is -4.91. The Morgan fingerprint density at radius 1 is 0.903 bits per heavy atom. The van der Waals surface area contributed by atoms with Crippen molar-refractivity contribution >= 4 is 16.9 Å². The van der Waals surface area contributed by atoms with Gasteiger partial charge in [0.25, 0.3) is 0 Å². The molecule has 2 aromatic carbocycles. The topological polar surface area (TPSA) is 50.4 Å². The maximum absolute atomic E-state index is 13.3. The van der Waals surface area contributed by atoms with E-state index in [1.165, 1.54) is 18.2 Å². The van der Waals surface area contributed by atoms with Crippen molar-refractivity contribution in [3.63, 3.8) is 0 Å². The molecule has 0 amide bonds. The molecule has 0 spiro atoms. The Morgan fingerprint density at radius 2 is 1.52 bits per heavy atom. The van der Waals surface area contributed by atoms with Crippen LogP contribution in [0.2, 0.25) is 0 Å². The second-order valence-electron chi connectivity index (χ2n) is 7.18. The van der Waals surface area contributed by atoms with Crippen LogP contribution in [0.25, 0.3) is 11.0 Å². The molecule has 1 aromatic heterocycles. The van der Waals surface area contributed by atoms with E-state index in [0.717, 1.165) is 12.1 Å². The van der Waals surface area contributed by atoms with Crippen LogP contribution in [-0.2, 0) is 31.6 Å². The van der Waals surface area contributed by atoms with Crippen molar-refractivity contribution in [2.45, 2.75) is 45.0 Å². The normalized spacial score (nSPS) is 12.5. The average Bonchev–Trinajstić information content (AvgIpc) is 3.06. The predicted molar refractivity (Wildman–Crippen MR) is 101 cm³/mol. The summed E-state index contributed by atoms with van der Waals surface area (Å²) in [6, 6.07) is 7.94. The summed E-state index contributed by atoms with van der Waals surface area (Å²) in [5.74, 6) is -3.03. The first-order chi connectivity index (χ1) is 14.4. The highest BCUT2D eigenvalue weighted by Crippen LogP contribution is 2.40. The first-order valence-corrected chi connectivity index (χ1v) is 9.46. The van der Waals surface area contributed by atoms with E-state index < -0.39 is 35.2 Å². The Kier molecular flexibility index (Phi) is 6.07. The van der Waals surface area contributed by atoms with Crippen LogP contribution in [0, 0.1) is 0 Å². The summed E-state index contributed by atoms with van der Waals surface area (Å²) < 4.78 is 84.7. The van der Waals surface area contributed by atoms with Crippen molar-refractivity contribution in [3.8, 4) is 0 Å². The first kappa shape index (κ1) is 22.7. The van der Waals surface area contributed by atoms with Crippen molar-refractivity contribution in [3.05, 3.63) is 70.0 Å². The van der Waals surface area contributed by atoms with Crippen LogP contribution >= 0.6 is 0 Å². The van der Waals surface area contributed by atoms with E-state index in [1.807, 2.05) is 0 Å². The van der Waals surface area contributed by atoms with Gasteiger partial charge in [0.1, 0.15) is 11.1 Å². The molecule has 0 atom stereocenters. The number of rotatable bonds is 6. The lowest BCUT2D eigenvalue weighted by atomic mass is 9.96. The molecule has 31 heavy (non-hydrogen) atoms. The summed E-state index contributed by atoms with van der Waals surface area (Å²) in [6.07, 6.45) is -8.05. The number of aryl methyl sites for hydroxylation is 3. The van der Waals surface area contributed by atoms with Crippen molar-refractivity contribution in [1.82, 2.24) is 0 Å². The Labute approximate surface area is 173 Å². The van der Waals surface area contributed by atoms with Gasteiger partial charge in [-0.3, -0.25) is 0 Å². The van der Waals surface area contributed by atoms with E-state index in [1.54, 1.807) is 13.0 Å². The van der Waals surface area contributed by atoms with Crippen molar-refractivity contribution in [1.29, 1.82) is 0 Å². The van der Waals surface area contributed by atoms with Gasteiger partial charge in [0.2, 0.25) is 5.76 Å². The van der Waals surface area contributed by atoms with Crippen LogP contribution in [-0.4, -0.2) is 11.1 Å². The molecular weight excluding hydrogens is 426 g/mol. The van der Waals surface area contributed by atoms with Gasteiger partial charge in [0.15, 0.2) is 0 Å². The van der Waals surface area contributed by atoms with Gasteiger partial charge < -0.3 is 9.52 Å². The summed E-state index contributed by atoms with van der Waals surface area (Å²) >= 11 is 0. The van der Waals surface area contributed by atoms with Gasteiger partial charge in [-0.15, -0.1) is 0 Å². The number of hydrogen-bond donors (Lipinski definition) is 1. The highest BCUT2D eigenvalue weighted by molar-refractivity contribution is 5.95. The molecule has 3 nitrogen and oxygen atoms in total. The summed E-state index contributed by atoms with van der Waals surface area (Å²) in [6.45, 7) is 1.79. The molecule has 0 aliphatic heterocycles. The molecule has 0 saturated heterocycles. The minimum absolute atomic E-state index is 0.219. The number of fused-ring (bicyclic) bond motifs is 1. The summed E-state index contributed by atoms with van der Waals surface area (Å²) in [5.41, 5.74) is -1.11. The smallest absolute Gasteiger partial charge is 0.420 e. The predicted octanol–water partition coefficient (Wildman–Crippen LogP) is 6.91. The molecule has 0 radical (unpaired) electrons. The van der Waals surface area contributed by atoms with Crippen LogP contribution in [0.15, 0.2) is 40.8 Å². The van der Waals surface area contributed by atoms with Gasteiger partial charge in [-0.25, -0.2) is 4.79 Å². The van der Waals surface area contributed by atoms with Gasteiger partial charge in [0.05, 0.1) is 5.56 Å². The standard InChI is InChI=1S/C22H18F6O3/c1-2-3-14-8-6-12(10-16(14)21(23,24)25)4-5-13-7-9-15-17(11-13)31-19(20(29)30)18(15)22(26,27)28/h6-11H,2-5H2,1H3,(H,29,30). The van der Waals surface area contributed by atoms with E-state index >= 15 is 0 Å². The lowest BCUT2D eigenvalue weighted by Crippen LogP contribution is -2.10. The zero-order valence-electron chi connectivity index (χ0n) is 16.3. The fourth-order valence-electron chi connectivity index (χ4n) is 3.55. The molecule has 0 fully saturated rings. The highest BCUT2D eigenvalue weighted by atomic mass is 19.4. The van der Waals surface area contributed by atoms with Crippen molar-refractivity contribution < 1.29 is 40.7 Å². The quantitative estimate of drug-likeness (QED) is 0.421. The zero-order valence-corrected chi connectivity index (χ0v) is 16.3. The maximum Gasteiger partial charge on any atom is 0.420 e. The summed E-state index contributed by atoms with van der Waals surface area (Å²) in [4.78, 5) is 11.1. The molecule has 1 N–H and O–H groups in total. The Hall–Kier alpha value is -2.97. The van der Waals surface area contributed by atoms with E-state index in [0.29, 0.717) is 24.0 Å². The Morgan fingerprint density at radius 3 is 2.06 bits per heavy atom. The molecular formula is C22H18F6O3. The second-order valence-corrected chi connectivity index (χ2v) is 7.18. The van der Waals surface area contributed by atoms with Crippen molar-refractivity contribution in [2.75, 3.05) is 0 Å². The Bertz CT molecular complexity index is 1110. The third-order valence-electron chi connectivity index (χ3n) is 4.93. The molecule has 0 aliphatic rings. The molecule has 0 bridgehead atoms. The van der Waals surface area contributed by atoms with E-state index in [2.05, 4.69) is 0 Å². The fourth-order valence-corrected chi connectivity index (χ4v) is 3.55. The van der Waals surface area contributed by atoms with Gasteiger partial charge in [-0.2, -0.15) is 26.3 Å². The molecule has 166 valence electrons. The van der Waals surface area contributed by atoms with Crippen molar-refractivity contribution in [2.24, 2.45) is 0 Å². The summed E-state index contributed by atoms with van der Waals surface area (Å²) in [5, 5.41) is 8.64. The lowest BCUT2D eigenvalue weighted by molar-refractivity contribution is -0.138. The fraction of sp³-hybridized carbons (Fsp3) is 0.318. The molecule has 0 unspecified atom stereocenters. The maximum atomic E-state index is 13.3. The van der Waals surface area contributed by atoms with Crippen LogP contribution in [0.3, 0.4) is 0 Å². The lowest BCUT2D eigenvalue weighted by Gasteiger charge is -2.14. The van der Waals surface area contributed by atoms with Gasteiger partial charge >= 0.3 is 18.3 Å². The zero-order chi connectivity index (χ0) is 23.0. The van der Waals surface area contributed by atoms with E-state index in [4.69, 9.17) is 9.52 Å². The third kappa shape index (κ3) is 4.86. The number of carboxylic acids is 1. The number of hydrogen-bond acceptors (Lipinski definition) is 2. The average molecular weight is 444 g/mol. The number of alkyl halides is 6. The number of furan rings is 1. The van der Waals surface area contributed by atoms with Crippen LogP contribution in [0.1, 0.15) is 51.7 Å². The highest BCUT2D eigenvalue weighted by Gasteiger charge is 2.40. The van der Waals surface area contributed by atoms with E-state index in [-0.39, 0.29) is 29.4 Å². The number of halogens is 6. The number of aromatic carboxylic acids is 1. The summed E-state index contributed by atoms with van der Waals surface area (Å²) in [7, 11) is 0. The minimum Gasteiger partial charge on any atom is -0.475 e. The molecule has 3 rings (SSSR count). The number of carbonyl (C=O) groups is 1. The molecule has 9 heteroatoms. The SMILES string of the molecule is CCCc1ccc(CCc2ccc3c(C(F)(F)F)c(C(=O)O)oc3c2)cc1C(F)(F)F. The van der Waals surface area contributed by atoms with Gasteiger partial charge in [-0.1, -0.05) is 37.6 Å². The van der Waals surface area contributed by atoms with Gasteiger partial charge in [-0.05, 0) is 48.1 Å². The molecule has 1 heterocycles. The van der Waals surface area contributed by atoms with Crippen LogP contribution in [0.4, 0.5) is 26.3 Å². The second kappa shape index (κ2) is 8.28. The number of carboxylic acid groups (broad SMARTS) is 1. The Balaban J connectivity index is 1.89. The molecule has 0 saturated carbocycles. The number of benzene rings is 2. The van der Waals surface area contributed by atoms with Crippen LogP contribution < -0.4 is 0 Å². The molecule has 0 aliphatic carbocycles.